The van der Waals surface area contributed by atoms with Gasteiger partial charge in [-0.1, -0.05) is 29.8 Å². The Kier molecular flexibility index (Phi) is 5.07. The number of benzene rings is 1. The molecule has 0 saturated carbocycles. The molecular weight excluding hydrogens is 234 g/mol. The first-order chi connectivity index (χ1) is 9.28. The van der Waals surface area contributed by atoms with E-state index in [9.17, 15) is 0 Å². The van der Waals surface area contributed by atoms with Crippen molar-refractivity contribution in [1.29, 1.82) is 0 Å². The molecule has 0 aliphatic carbocycles. The second-order valence-electron chi connectivity index (χ2n) is 4.84. The zero-order valence-electron chi connectivity index (χ0n) is 11.4. The molecule has 3 nitrogen and oxygen atoms in total. The molecule has 0 aliphatic heterocycles. The maximum atomic E-state index is 5.71. The highest BCUT2D eigenvalue weighted by molar-refractivity contribution is 5.22. The molecular formula is C16H21N3. The van der Waals surface area contributed by atoms with Crippen molar-refractivity contribution in [2.45, 2.75) is 20.0 Å². The van der Waals surface area contributed by atoms with Gasteiger partial charge in [0.15, 0.2) is 0 Å². The van der Waals surface area contributed by atoms with Crippen molar-refractivity contribution >= 4 is 0 Å². The molecule has 3 heteroatoms. The highest BCUT2D eigenvalue weighted by atomic mass is 15.1. The number of nitrogens with two attached hydrogens (primary N) is 1. The molecule has 0 amide bonds. The van der Waals surface area contributed by atoms with Crippen LogP contribution in [0.5, 0.6) is 0 Å². The normalized spacial score (nSPS) is 10.9. The molecule has 1 aromatic carbocycles. The summed E-state index contributed by atoms with van der Waals surface area (Å²) in [6.45, 7) is 5.54. The number of nitrogens with zero attached hydrogens (tertiary/aromatic N) is 2. The van der Waals surface area contributed by atoms with Crippen LogP contribution in [0.1, 0.15) is 16.7 Å². The minimum Gasteiger partial charge on any atom is -0.329 e. The topological polar surface area (TPSA) is 42.1 Å². The first kappa shape index (κ1) is 13.7. The van der Waals surface area contributed by atoms with Crippen molar-refractivity contribution in [2.75, 3.05) is 13.1 Å². The van der Waals surface area contributed by atoms with Crippen molar-refractivity contribution in [3.05, 3.63) is 65.5 Å². The molecule has 2 aromatic rings. The fourth-order valence-electron chi connectivity index (χ4n) is 2.21. The van der Waals surface area contributed by atoms with Gasteiger partial charge in [-0.25, -0.2) is 0 Å². The SMILES string of the molecule is Cc1cccc(CN(CCN)Cc2ccncc2)c1. The van der Waals surface area contributed by atoms with Crippen LogP contribution >= 0.6 is 0 Å². The van der Waals surface area contributed by atoms with Crippen molar-refractivity contribution in [3.8, 4) is 0 Å². The van der Waals surface area contributed by atoms with Gasteiger partial charge in [-0.05, 0) is 30.2 Å². The van der Waals surface area contributed by atoms with Gasteiger partial charge in [-0.15, -0.1) is 0 Å². The molecule has 0 aliphatic rings. The molecule has 1 heterocycles. The number of hydrogen-bond acceptors (Lipinski definition) is 3. The van der Waals surface area contributed by atoms with Gasteiger partial charge in [-0.2, -0.15) is 0 Å². The summed E-state index contributed by atoms with van der Waals surface area (Å²) < 4.78 is 0. The molecule has 100 valence electrons. The predicted molar refractivity (Wildman–Crippen MR) is 78.6 cm³/mol. The van der Waals surface area contributed by atoms with Crippen LogP contribution in [0, 0.1) is 6.92 Å². The van der Waals surface area contributed by atoms with E-state index in [4.69, 9.17) is 5.73 Å². The average Bonchev–Trinajstić information content (AvgIpc) is 2.40. The van der Waals surface area contributed by atoms with Crippen molar-refractivity contribution in [1.82, 2.24) is 9.88 Å². The third-order valence-corrected chi connectivity index (χ3v) is 3.09. The Morgan fingerprint density at radius 1 is 1.05 bits per heavy atom. The summed E-state index contributed by atoms with van der Waals surface area (Å²) in [5.41, 5.74) is 9.62. The zero-order chi connectivity index (χ0) is 13.5. The van der Waals surface area contributed by atoms with Gasteiger partial charge >= 0.3 is 0 Å². The van der Waals surface area contributed by atoms with Gasteiger partial charge in [0.2, 0.25) is 0 Å². The number of hydrogen-bond donors (Lipinski definition) is 1. The Bertz CT molecular complexity index is 496. The fraction of sp³-hybridized carbons (Fsp3) is 0.312. The number of pyridine rings is 1. The lowest BCUT2D eigenvalue weighted by Gasteiger charge is -2.22. The summed E-state index contributed by atoms with van der Waals surface area (Å²) in [6.07, 6.45) is 3.67. The van der Waals surface area contributed by atoms with Crippen molar-refractivity contribution in [2.24, 2.45) is 5.73 Å². The standard InChI is InChI=1S/C16H21N3/c1-14-3-2-4-16(11-14)13-19(10-7-17)12-15-5-8-18-9-6-15/h2-6,8-9,11H,7,10,12-13,17H2,1H3. The first-order valence-corrected chi connectivity index (χ1v) is 6.65. The van der Waals surface area contributed by atoms with E-state index in [0.717, 1.165) is 19.6 Å². The molecule has 1 aromatic heterocycles. The van der Waals surface area contributed by atoms with Gasteiger partial charge in [0.05, 0.1) is 0 Å². The van der Waals surface area contributed by atoms with Crippen LogP contribution in [0.25, 0.3) is 0 Å². The molecule has 2 rings (SSSR count). The van der Waals surface area contributed by atoms with Gasteiger partial charge < -0.3 is 5.73 Å². The molecule has 0 atom stereocenters. The molecule has 0 saturated heterocycles. The van der Waals surface area contributed by atoms with Crippen LogP contribution < -0.4 is 5.73 Å². The minimum atomic E-state index is 0.677. The lowest BCUT2D eigenvalue weighted by Crippen LogP contribution is -2.28. The molecule has 0 fully saturated rings. The van der Waals surface area contributed by atoms with E-state index in [1.165, 1.54) is 16.7 Å². The smallest absolute Gasteiger partial charge is 0.0271 e. The maximum Gasteiger partial charge on any atom is 0.0271 e. The van der Waals surface area contributed by atoms with Gasteiger partial charge in [0, 0.05) is 38.6 Å². The average molecular weight is 255 g/mol. The van der Waals surface area contributed by atoms with E-state index >= 15 is 0 Å². The molecule has 2 N–H and O–H groups in total. The van der Waals surface area contributed by atoms with Gasteiger partial charge in [0.1, 0.15) is 0 Å². The summed E-state index contributed by atoms with van der Waals surface area (Å²) >= 11 is 0. The molecule has 19 heavy (non-hydrogen) atoms. The van der Waals surface area contributed by atoms with Gasteiger partial charge in [0.25, 0.3) is 0 Å². The second kappa shape index (κ2) is 7.02. The van der Waals surface area contributed by atoms with Crippen molar-refractivity contribution < 1.29 is 0 Å². The highest BCUT2D eigenvalue weighted by Crippen LogP contribution is 2.10. The number of aromatic nitrogens is 1. The van der Waals surface area contributed by atoms with Crippen LogP contribution in [0.15, 0.2) is 48.8 Å². The van der Waals surface area contributed by atoms with E-state index in [1.54, 1.807) is 0 Å². The fourth-order valence-corrected chi connectivity index (χ4v) is 2.21. The van der Waals surface area contributed by atoms with E-state index in [0.29, 0.717) is 6.54 Å². The number of aryl methyl sites for hydroxylation is 1. The lowest BCUT2D eigenvalue weighted by atomic mass is 10.1. The lowest BCUT2D eigenvalue weighted by molar-refractivity contribution is 0.264. The van der Waals surface area contributed by atoms with E-state index in [2.05, 4.69) is 53.2 Å². The van der Waals surface area contributed by atoms with Gasteiger partial charge in [-0.3, -0.25) is 9.88 Å². The summed E-state index contributed by atoms with van der Waals surface area (Å²) in [4.78, 5) is 6.42. The Hall–Kier alpha value is -1.71. The Balaban J connectivity index is 2.04. The van der Waals surface area contributed by atoms with E-state index in [-0.39, 0.29) is 0 Å². The Labute approximate surface area is 115 Å². The van der Waals surface area contributed by atoms with Crippen LogP contribution in [0.2, 0.25) is 0 Å². The number of rotatable bonds is 6. The van der Waals surface area contributed by atoms with Crippen molar-refractivity contribution in [3.63, 3.8) is 0 Å². The second-order valence-corrected chi connectivity index (χ2v) is 4.84. The Morgan fingerprint density at radius 3 is 2.47 bits per heavy atom. The Morgan fingerprint density at radius 2 is 1.79 bits per heavy atom. The zero-order valence-corrected chi connectivity index (χ0v) is 11.4. The summed E-state index contributed by atoms with van der Waals surface area (Å²) in [5, 5.41) is 0. The summed E-state index contributed by atoms with van der Waals surface area (Å²) in [7, 11) is 0. The minimum absolute atomic E-state index is 0.677. The van der Waals surface area contributed by atoms with Crippen LogP contribution in [0.4, 0.5) is 0 Å². The third-order valence-electron chi connectivity index (χ3n) is 3.09. The molecule has 0 unspecified atom stereocenters. The quantitative estimate of drug-likeness (QED) is 0.861. The van der Waals surface area contributed by atoms with E-state index < -0.39 is 0 Å². The maximum absolute atomic E-state index is 5.71. The molecule has 0 spiro atoms. The van der Waals surface area contributed by atoms with E-state index in [1.807, 2.05) is 12.4 Å². The first-order valence-electron chi connectivity index (χ1n) is 6.65. The van der Waals surface area contributed by atoms with Crippen LogP contribution in [0.3, 0.4) is 0 Å². The summed E-state index contributed by atoms with van der Waals surface area (Å²) in [5.74, 6) is 0. The third kappa shape index (κ3) is 4.47. The summed E-state index contributed by atoms with van der Waals surface area (Å²) in [6, 6.07) is 12.7. The molecule has 0 bridgehead atoms. The largest absolute Gasteiger partial charge is 0.329 e. The van der Waals surface area contributed by atoms with Crippen LogP contribution in [-0.4, -0.2) is 23.0 Å². The van der Waals surface area contributed by atoms with Crippen LogP contribution in [-0.2, 0) is 13.1 Å². The monoisotopic (exact) mass is 255 g/mol. The molecule has 0 radical (unpaired) electrons. The predicted octanol–water partition coefficient (Wildman–Crippen LogP) is 2.35. The highest BCUT2D eigenvalue weighted by Gasteiger charge is 2.06.